The topological polar surface area (TPSA) is 99.1 Å². The largest absolute Gasteiger partial charge is 0.477 e. The average Bonchev–Trinajstić information content (AvgIpc) is 3.23. The quantitative estimate of drug-likeness (QED) is 0.0214. The van der Waals surface area contributed by atoms with Crippen molar-refractivity contribution >= 4 is 17.9 Å². The van der Waals surface area contributed by atoms with Gasteiger partial charge in [0.25, 0.3) is 0 Å². The van der Waals surface area contributed by atoms with Gasteiger partial charge in [-0.2, -0.15) is 0 Å². The average molecular weight is 867 g/mol. The van der Waals surface area contributed by atoms with E-state index in [4.69, 9.17) is 14.2 Å². The van der Waals surface area contributed by atoms with E-state index in [-0.39, 0.29) is 36.2 Å². The van der Waals surface area contributed by atoms with Crippen molar-refractivity contribution in [3.8, 4) is 0 Å². The summed E-state index contributed by atoms with van der Waals surface area (Å²) in [5, 5.41) is 9.64. The lowest BCUT2D eigenvalue weighted by atomic mass is 10.1. The van der Waals surface area contributed by atoms with Crippen molar-refractivity contribution in [2.24, 2.45) is 0 Å². The molecule has 0 amide bonds. The minimum absolute atomic E-state index is 0.0508. The van der Waals surface area contributed by atoms with Gasteiger partial charge >= 0.3 is 17.9 Å². The molecule has 2 unspecified atom stereocenters. The fraction of sp³-hybridized carbons (Fsp3) is 0.685. The molecular formula is C54H92NO7+. The van der Waals surface area contributed by atoms with Gasteiger partial charge in [0.1, 0.15) is 6.61 Å². The number of nitrogens with zero attached hydrogens (tertiary/aromatic N) is 1. The van der Waals surface area contributed by atoms with Gasteiger partial charge in [-0.15, -0.1) is 0 Å². The number of carboxylic acids is 1. The Hall–Kier alpha value is -3.49. The summed E-state index contributed by atoms with van der Waals surface area (Å²) in [5.41, 5.74) is 0. The summed E-state index contributed by atoms with van der Waals surface area (Å²) in [6.45, 7) is 4.48. The first-order valence-electron chi connectivity index (χ1n) is 24.7. The Morgan fingerprint density at radius 1 is 0.500 bits per heavy atom. The van der Waals surface area contributed by atoms with Crippen LogP contribution in [0.3, 0.4) is 0 Å². The minimum Gasteiger partial charge on any atom is -0.477 e. The van der Waals surface area contributed by atoms with Gasteiger partial charge in [-0.3, -0.25) is 9.59 Å². The third-order valence-corrected chi connectivity index (χ3v) is 10.6. The van der Waals surface area contributed by atoms with Crippen LogP contribution in [0.1, 0.15) is 187 Å². The number of rotatable bonds is 43. The van der Waals surface area contributed by atoms with Crippen LogP contribution < -0.4 is 0 Å². The van der Waals surface area contributed by atoms with Crippen molar-refractivity contribution in [2.45, 2.75) is 199 Å². The zero-order valence-corrected chi connectivity index (χ0v) is 40.3. The van der Waals surface area contributed by atoms with E-state index >= 15 is 0 Å². The van der Waals surface area contributed by atoms with Gasteiger partial charge in [0.15, 0.2) is 12.1 Å². The smallest absolute Gasteiger partial charge is 0.362 e. The predicted octanol–water partition coefficient (Wildman–Crippen LogP) is 14.1. The Labute approximate surface area is 380 Å². The lowest BCUT2D eigenvalue weighted by Crippen LogP contribution is -2.50. The number of esters is 2. The SMILES string of the molecule is CC/C=C/C=C/C=C/CCCCCCCCCC(=O)OC(COCCC(C(=O)O)[N+](C)(C)C)COC(=O)CCCCCCCCCCCC/C=C/C/C=C/C/C=C/C/C=C/CC. The van der Waals surface area contributed by atoms with Gasteiger partial charge in [0, 0.05) is 19.3 Å². The highest BCUT2D eigenvalue weighted by Gasteiger charge is 2.31. The number of allylic oxidation sites excluding steroid dienone is 14. The summed E-state index contributed by atoms with van der Waals surface area (Å²) >= 11 is 0. The first kappa shape index (κ1) is 58.5. The van der Waals surface area contributed by atoms with Crippen LogP contribution in [0.2, 0.25) is 0 Å². The molecule has 0 fully saturated rings. The molecule has 62 heavy (non-hydrogen) atoms. The number of quaternary nitrogens is 1. The maximum atomic E-state index is 12.8. The van der Waals surface area contributed by atoms with E-state index in [9.17, 15) is 19.5 Å². The highest BCUT2D eigenvalue weighted by atomic mass is 16.6. The van der Waals surface area contributed by atoms with Crippen molar-refractivity contribution in [2.75, 3.05) is 41.0 Å². The van der Waals surface area contributed by atoms with Crippen molar-refractivity contribution in [3.63, 3.8) is 0 Å². The van der Waals surface area contributed by atoms with E-state index in [1.165, 1.54) is 70.6 Å². The number of carbonyl (C=O) groups is 3. The predicted molar refractivity (Wildman–Crippen MR) is 261 cm³/mol. The minimum atomic E-state index is -0.880. The first-order chi connectivity index (χ1) is 30.1. The van der Waals surface area contributed by atoms with Crippen LogP contribution in [-0.4, -0.2) is 80.6 Å². The van der Waals surface area contributed by atoms with Crippen LogP contribution in [0.4, 0.5) is 0 Å². The molecule has 8 heteroatoms. The van der Waals surface area contributed by atoms with Crippen molar-refractivity contribution in [3.05, 3.63) is 85.1 Å². The van der Waals surface area contributed by atoms with Crippen LogP contribution in [0.25, 0.3) is 0 Å². The van der Waals surface area contributed by atoms with Crippen molar-refractivity contribution in [1.82, 2.24) is 0 Å². The second-order valence-corrected chi connectivity index (χ2v) is 17.4. The third kappa shape index (κ3) is 41.8. The summed E-state index contributed by atoms with van der Waals surface area (Å²) in [4.78, 5) is 37.1. The molecule has 0 aromatic heterocycles. The lowest BCUT2D eigenvalue weighted by molar-refractivity contribution is -0.887. The highest BCUT2D eigenvalue weighted by Crippen LogP contribution is 2.15. The third-order valence-electron chi connectivity index (χ3n) is 10.6. The zero-order chi connectivity index (χ0) is 45.6. The van der Waals surface area contributed by atoms with Gasteiger partial charge in [-0.1, -0.05) is 182 Å². The molecule has 0 saturated carbocycles. The van der Waals surface area contributed by atoms with E-state index in [0.717, 1.165) is 83.5 Å². The normalized spacial score (nSPS) is 13.6. The zero-order valence-electron chi connectivity index (χ0n) is 40.3. The molecule has 0 aliphatic rings. The Morgan fingerprint density at radius 3 is 1.44 bits per heavy atom. The van der Waals surface area contributed by atoms with Crippen LogP contribution in [0.5, 0.6) is 0 Å². The van der Waals surface area contributed by atoms with Gasteiger partial charge in [0.2, 0.25) is 0 Å². The monoisotopic (exact) mass is 867 g/mol. The van der Waals surface area contributed by atoms with E-state index in [1.54, 1.807) is 0 Å². The standard InChI is InChI=1S/C54H91NO7/c1-6-8-10-12-14-16-18-20-22-23-24-25-26-27-28-29-31-32-34-36-38-40-42-44-52(56)61-49-50(48-60-47-46-51(54(58)59)55(3,4)5)62-53(57)45-43-41-39-37-35-33-30-21-19-17-15-13-11-9-7-2/h8-11,13-17,19-20,22,24-25,50-51H,6-7,12,18,21,23,26-49H2,1-5H3/p+1/b10-8+,11-9+,15-13+,16-14+,19-17+,22-20+,25-24+. The van der Waals surface area contributed by atoms with Crippen molar-refractivity contribution in [1.29, 1.82) is 0 Å². The molecule has 1 N–H and O–H groups in total. The Morgan fingerprint density at radius 2 is 0.935 bits per heavy atom. The fourth-order valence-electron chi connectivity index (χ4n) is 6.85. The second-order valence-electron chi connectivity index (χ2n) is 17.4. The molecule has 0 aromatic carbocycles. The highest BCUT2D eigenvalue weighted by molar-refractivity contribution is 5.72. The van der Waals surface area contributed by atoms with Crippen molar-refractivity contribution < 1.29 is 38.2 Å². The maximum absolute atomic E-state index is 12.8. The molecule has 0 rings (SSSR count). The number of carbonyl (C=O) groups excluding carboxylic acids is 2. The summed E-state index contributed by atoms with van der Waals surface area (Å²) in [5.74, 6) is -1.49. The molecule has 0 aliphatic heterocycles. The van der Waals surface area contributed by atoms with E-state index < -0.39 is 18.1 Å². The molecular weight excluding hydrogens is 775 g/mol. The Balaban J connectivity index is 4.25. The molecule has 0 aromatic rings. The number of hydrogen-bond donors (Lipinski definition) is 1. The van der Waals surface area contributed by atoms with Gasteiger partial charge in [-0.25, -0.2) is 4.79 Å². The molecule has 0 spiro atoms. The number of aliphatic carboxylic acids is 1. The van der Waals surface area contributed by atoms with Crippen LogP contribution in [0.15, 0.2) is 85.1 Å². The molecule has 8 nitrogen and oxygen atoms in total. The summed E-state index contributed by atoms with van der Waals surface area (Å²) in [6, 6.07) is -0.622. The van der Waals surface area contributed by atoms with Gasteiger partial charge in [0.05, 0.1) is 34.4 Å². The molecule has 0 heterocycles. The van der Waals surface area contributed by atoms with Gasteiger partial charge < -0.3 is 23.8 Å². The lowest BCUT2D eigenvalue weighted by Gasteiger charge is -2.31. The summed E-state index contributed by atoms with van der Waals surface area (Å²) < 4.78 is 17.3. The summed E-state index contributed by atoms with van der Waals surface area (Å²) in [7, 11) is 5.52. The molecule has 354 valence electrons. The molecule has 0 bridgehead atoms. The number of carboxylic acid groups (broad SMARTS) is 1. The number of unbranched alkanes of at least 4 members (excludes halogenated alkanes) is 17. The Bertz CT molecular complexity index is 1290. The number of hydrogen-bond acceptors (Lipinski definition) is 6. The number of likely N-dealkylation sites (N-methyl/N-ethyl adjacent to an activating group) is 1. The fourth-order valence-corrected chi connectivity index (χ4v) is 6.85. The van der Waals surface area contributed by atoms with Gasteiger partial charge in [-0.05, 0) is 70.6 Å². The second kappa shape index (κ2) is 44.1. The van der Waals surface area contributed by atoms with E-state index in [2.05, 4.69) is 98.9 Å². The summed E-state index contributed by atoms with van der Waals surface area (Å²) in [6.07, 6.45) is 57.7. The number of ether oxygens (including phenoxy) is 3. The molecule has 0 radical (unpaired) electrons. The van der Waals surface area contributed by atoms with Crippen LogP contribution in [0, 0.1) is 0 Å². The molecule has 2 atom stereocenters. The van der Waals surface area contributed by atoms with Crippen LogP contribution in [-0.2, 0) is 28.6 Å². The Kier molecular flexibility index (Phi) is 41.6. The van der Waals surface area contributed by atoms with E-state index in [0.29, 0.717) is 19.3 Å². The molecule has 0 aliphatic carbocycles. The maximum Gasteiger partial charge on any atom is 0.362 e. The van der Waals surface area contributed by atoms with E-state index in [1.807, 2.05) is 21.1 Å². The first-order valence-corrected chi connectivity index (χ1v) is 24.7. The van der Waals surface area contributed by atoms with Crippen LogP contribution >= 0.6 is 0 Å². The molecule has 0 saturated heterocycles.